The van der Waals surface area contributed by atoms with E-state index in [1.165, 1.54) is 68.9 Å². The van der Waals surface area contributed by atoms with Crippen molar-refractivity contribution >= 4 is 5.97 Å². The Kier molecular flexibility index (Phi) is 16.9. The van der Waals surface area contributed by atoms with Gasteiger partial charge in [-0.05, 0) is 60.1 Å². The lowest BCUT2D eigenvalue weighted by molar-refractivity contribution is 0.0255. The Morgan fingerprint density at radius 1 is 0.591 bits per heavy atom. The van der Waals surface area contributed by atoms with Crippen LogP contribution in [-0.2, 0) is 9.47 Å². The summed E-state index contributed by atoms with van der Waals surface area (Å²) in [5.41, 5.74) is 6.11. The minimum Gasteiger partial charge on any atom is -0.459 e. The summed E-state index contributed by atoms with van der Waals surface area (Å²) in [4.78, 5) is 13.2. The van der Waals surface area contributed by atoms with Gasteiger partial charge in [-0.25, -0.2) is 4.79 Å². The Morgan fingerprint density at radius 2 is 1.14 bits per heavy atom. The first-order valence-electron chi connectivity index (χ1n) is 17.7. The fourth-order valence-electron chi connectivity index (χ4n) is 5.88. The minimum absolute atomic E-state index is 0.0151. The first-order valence-corrected chi connectivity index (χ1v) is 17.7. The highest BCUT2D eigenvalue weighted by Gasteiger charge is 2.18. The molecule has 3 rings (SSSR count). The molecule has 0 saturated heterocycles. The largest absolute Gasteiger partial charge is 0.459 e. The topological polar surface area (TPSA) is 35.5 Å². The molecule has 0 heterocycles. The van der Waals surface area contributed by atoms with Gasteiger partial charge >= 0.3 is 5.97 Å². The zero-order valence-electron chi connectivity index (χ0n) is 28.1. The predicted molar refractivity (Wildman–Crippen MR) is 187 cm³/mol. The molecule has 3 aromatic rings. The van der Waals surface area contributed by atoms with Gasteiger partial charge in [-0.1, -0.05) is 165 Å². The number of rotatable bonds is 22. The van der Waals surface area contributed by atoms with Crippen molar-refractivity contribution < 1.29 is 14.3 Å². The Hall–Kier alpha value is -2.91. The van der Waals surface area contributed by atoms with E-state index in [4.69, 9.17) is 9.47 Å². The van der Waals surface area contributed by atoms with E-state index >= 15 is 0 Å². The normalized spacial score (nSPS) is 12.6. The van der Waals surface area contributed by atoms with Crippen molar-refractivity contribution in [2.75, 3.05) is 6.61 Å². The van der Waals surface area contributed by atoms with Crippen molar-refractivity contribution in [1.82, 2.24) is 0 Å². The number of hydrogen-bond donors (Lipinski definition) is 0. The van der Waals surface area contributed by atoms with Crippen LogP contribution in [0.3, 0.4) is 0 Å². The Labute approximate surface area is 268 Å². The van der Waals surface area contributed by atoms with E-state index in [0.29, 0.717) is 5.56 Å². The molecule has 0 amide bonds. The third-order valence-electron chi connectivity index (χ3n) is 8.69. The van der Waals surface area contributed by atoms with E-state index in [1.54, 1.807) is 0 Å². The van der Waals surface area contributed by atoms with Crippen LogP contribution in [-0.4, -0.2) is 18.7 Å². The van der Waals surface area contributed by atoms with E-state index in [2.05, 4.69) is 76.2 Å². The van der Waals surface area contributed by atoms with E-state index in [9.17, 15) is 4.79 Å². The van der Waals surface area contributed by atoms with Gasteiger partial charge in [-0.15, -0.1) is 0 Å². The van der Waals surface area contributed by atoms with Crippen molar-refractivity contribution in [3.63, 3.8) is 0 Å². The first-order chi connectivity index (χ1) is 21.6. The van der Waals surface area contributed by atoms with Gasteiger partial charge in [0.15, 0.2) is 0 Å². The summed E-state index contributed by atoms with van der Waals surface area (Å²) in [5, 5.41) is 0. The van der Waals surface area contributed by atoms with Gasteiger partial charge in [0, 0.05) is 6.61 Å². The SMILES string of the molecule is CCCCCCCCCCCCOC(C)c1ccc(-c2ccc(-c3ccccc3C(=O)OC(CCC)CCCC)cc2)cc1. The van der Waals surface area contributed by atoms with E-state index in [1.807, 2.05) is 24.3 Å². The van der Waals surface area contributed by atoms with Crippen LogP contribution in [0.5, 0.6) is 0 Å². The number of ether oxygens (including phenoxy) is 2. The molecule has 240 valence electrons. The van der Waals surface area contributed by atoms with Crippen LogP contribution in [0.1, 0.15) is 146 Å². The Bertz CT molecular complexity index is 1180. The Balaban J connectivity index is 1.49. The standard InChI is InChI=1S/C41H58O3/c1-5-8-10-11-12-13-14-15-16-19-32-43-33(4)34-24-26-35(27-25-34)36-28-30-37(31-29-36)39-22-17-18-23-40(39)41(42)44-38(20-7-3)21-9-6-2/h17-18,22-31,33,38H,5-16,19-21,32H2,1-4H3. The molecule has 0 radical (unpaired) electrons. The number of esters is 1. The fourth-order valence-corrected chi connectivity index (χ4v) is 5.88. The van der Waals surface area contributed by atoms with Crippen LogP contribution in [0, 0.1) is 0 Å². The molecular formula is C41H58O3. The van der Waals surface area contributed by atoms with Crippen molar-refractivity contribution in [3.8, 4) is 22.3 Å². The molecule has 3 nitrogen and oxygen atoms in total. The van der Waals surface area contributed by atoms with E-state index < -0.39 is 0 Å². The number of benzene rings is 3. The lowest BCUT2D eigenvalue weighted by Gasteiger charge is -2.18. The van der Waals surface area contributed by atoms with Gasteiger partial charge in [-0.3, -0.25) is 0 Å². The highest BCUT2D eigenvalue weighted by Crippen LogP contribution is 2.29. The maximum atomic E-state index is 13.2. The summed E-state index contributed by atoms with van der Waals surface area (Å²) < 4.78 is 12.1. The van der Waals surface area contributed by atoms with E-state index in [0.717, 1.165) is 61.8 Å². The third-order valence-corrected chi connectivity index (χ3v) is 8.69. The van der Waals surface area contributed by atoms with Gasteiger partial charge < -0.3 is 9.47 Å². The van der Waals surface area contributed by atoms with Crippen molar-refractivity contribution in [2.24, 2.45) is 0 Å². The van der Waals surface area contributed by atoms with Crippen LogP contribution in [0.15, 0.2) is 72.8 Å². The molecule has 0 aromatic heterocycles. The van der Waals surface area contributed by atoms with Crippen molar-refractivity contribution in [1.29, 1.82) is 0 Å². The van der Waals surface area contributed by atoms with E-state index in [-0.39, 0.29) is 18.2 Å². The highest BCUT2D eigenvalue weighted by atomic mass is 16.5. The summed E-state index contributed by atoms with van der Waals surface area (Å²) in [7, 11) is 0. The molecule has 0 aliphatic rings. The minimum atomic E-state index is -0.223. The molecule has 2 unspecified atom stereocenters. The molecule has 0 saturated carbocycles. The molecule has 0 N–H and O–H groups in total. The molecule has 0 aliphatic heterocycles. The quantitative estimate of drug-likeness (QED) is 0.0852. The maximum absolute atomic E-state index is 13.2. The van der Waals surface area contributed by atoms with Gasteiger partial charge in [-0.2, -0.15) is 0 Å². The molecule has 2 atom stereocenters. The smallest absolute Gasteiger partial charge is 0.339 e. The zero-order valence-corrected chi connectivity index (χ0v) is 28.1. The molecule has 0 aliphatic carbocycles. The fraction of sp³-hybridized carbons (Fsp3) is 0.537. The Morgan fingerprint density at radius 3 is 1.75 bits per heavy atom. The molecule has 0 bridgehead atoms. The molecular weight excluding hydrogens is 540 g/mol. The first kappa shape index (κ1) is 35.6. The van der Waals surface area contributed by atoms with Crippen LogP contribution in [0.2, 0.25) is 0 Å². The second kappa shape index (κ2) is 20.9. The molecule has 44 heavy (non-hydrogen) atoms. The highest BCUT2D eigenvalue weighted by molar-refractivity contribution is 5.97. The second-order valence-corrected chi connectivity index (χ2v) is 12.4. The molecule has 0 fully saturated rings. The van der Waals surface area contributed by atoms with Crippen LogP contribution in [0.25, 0.3) is 22.3 Å². The van der Waals surface area contributed by atoms with Gasteiger partial charge in [0.25, 0.3) is 0 Å². The number of unbranched alkanes of at least 4 members (excludes halogenated alkanes) is 10. The maximum Gasteiger partial charge on any atom is 0.339 e. The summed E-state index contributed by atoms with van der Waals surface area (Å²) in [5.74, 6) is -0.223. The van der Waals surface area contributed by atoms with Crippen molar-refractivity contribution in [2.45, 2.75) is 136 Å². The van der Waals surface area contributed by atoms with Crippen molar-refractivity contribution in [3.05, 3.63) is 83.9 Å². The van der Waals surface area contributed by atoms with Gasteiger partial charge in [0.05, 0.1) is 11.7 Å². The second-order valence-electron chi connectivity index (χ2n) is 12.4. The lowest BCUT2D eigenvalue weighted by atomic mass is 9.96. The number of carbonyl (C=O) groups excluding carboxylic acids is 1. The van der Waals surface area contributed by atoms with Gasteiger partial charge in [0.1, 0.15) is 6.10 Å². The summed E-state index contributed by atoms with van der Waals surface area (Å²) in [6.07, 6.45) is 18.5. The zero-order chi connectivity index (χ0) is 31.4. The summed E-state index contributed by atoms with van der Waals surface area (Å²) in [6, 6.07) is 25.0. The van der Waals surface area contributed by atoms with Crippen LogP contribution < -0.4 is 0 Å². The third kappa shape index (κ3) is 12.2. The summed E-state index contributed by atoms with van der Waals surface area (Å²) >= 11 is 0. The summed E-state index contributed by atoms with van der Waals surface area (Å²) in [6.45, 7) is 9.57. The average molecular weight is 599 g/mol. The molecule has 3 aromatic carbocycles. The van der Waals surface area contributed by atoms with Gasteiger partial charge in [0.2, 0.25) is 0 Å². The molecule has 3 heteroatoms. The predicted octanol–water partition coefficient (Wildman–Crippen LogP) is 12.5. The number of carbonyl (C=O) groups is 1. The van der Waals surface area contributed by atoms with Crippen LogP contribution >= 0.6 is 0 Å². The average Bonchev–Trinajstić information content (AvgIpc) is 3.06. The number of hydrogen-bond acceptors (Lipinski definition) is 3. The monoisotopic (exact) mass is 598 g/mol. The molecule has 0 spiro atoms. The lowest BCUT2D eigenvalue weighted by Crippen LogP contribution is -2.18. The van der Waals surface area contributed by atoms with Crippen LogP contribution in [0.4, 0.5) is 0 Å².